The van der Waals surface area contributed by atoms with Gasteiger partial charge in [0.1, 0.15) is 0 Å². The lowest BCUT2D eigenvalue weighted by Crippen LogP contribution is -2.62. The molecule has 17 heavy (non-hydrogen) atoms. The maximum Gasteiger partial charge on any atom is 0.270 e. The van der Waals surface area contributed by atoms with E-state index in [1.807, 2.05) is 0 Å². The predicted molar refractivity (Wildman–Crippen MR) is 81.5 cm³/mol. The van der Waals surface area contributed by atoms with Crippen LogP contribution < -0.4 is 0 Å². The second-order valence-electron chi connectivity index (χ2n) is 6.31. The van der Waals surface area contributed by atoms with Crippen LogP contribution in [0.25, 0.3) is 0 Å². The average Bonchev–Trinajstić information content (AvgIpc) is 2.14. The molecule has 1 aliphatic rings. The molecule has 0 atom stereocenters. The molecule has 3 nitrogen and oxygen atoms in total. The van der Waals surface area contributed by atoms with E-state index in [0.29, 0.717) is 0 Å². The second-order valence-corrected chi connectivity index (χ2v) is 6.31. The van der Waals surface area contributed by atoms with Gasteiger partial charge in [0.2, 0.25) is 0 Å². The van der Waals surface area contributed by atoms with E-state index in [2.05, 4.69) is 48.8 Å². The van der Waals surface area contributed by atoms with Crippen molar-refractivity contribution >= 4 is 22.6 Å². The van der Waals surface area contributed by atoms with E-state index in [-0.39, 0.29) is 0 Å². The fraction of sp³-hybridized carbons (Fsp3) is 1.00. The minimum Gasteiger partial charge on any atom is -0.363 e. The first-order valence-corrected chi connectivity index (χ1v) is 7.18. The summed E-state index contributed by atoms with van der Waals surface area (Å²) < 4.78 is 7.76. The zero-order chi connectivity index (χ0) is 12.8. The highest BCUT2D eigenvalue weighted by Gasteiger charge is 2.27. The van der Waals surface area contributed by atoms with E-state index >= 15 is 0 Å². The third-order valence-electron chi connectivity index (χ3n) is 2.99. The molecule has 0 aromatic rings. The SMILES string of the molecule is CCCN1BN(CC(C)C)BN(CC(C)C)B1. The Morgan fingerprint density at radius 2 is 1.18 bits per heavy atom. The van der Waals surface area contributed by atoms with Crippen LogP contribution in [0, 0.1) is 11.8 Å². The van der Waals surface area contributed by atoms with Gasteiger partial charge in [0.25, 0.3) is 22.6 Å². The molecular formula is C11H28B3N3. The molecule has 0 unspecified atom stereocenters. The fourth-order valence-electron chi connectivity index (χ4n) is 2.70. The quantitative estimate of drug-likeness (QED) is 0.618. The Morgan fingerprint density at radius 1 is 0.765 bits per heavy atom. The van der Waals surface area contributed by atoms with Crippen molar-refractivity contribution in [2.45, 2.75) is 41.0 Å². The van der Waals surface area contributed by atoms with Gasteiger partial charge < -0.3 is 14.2 Å². The van der Waals surface area contributed by atoms with E-state index in [9.17, 15) is 0 Å². The van der Waals surface area contributed by atoms with Crippen molar-refractivity contribution in [1.29, 1.82) is 0 Å². The van der Waals surface area contributed by atoms with Gasteiger partial charge in [0.15, 0.2) is 0 Å². The van der Waals surface area contributed by atoms with Crippen molar-refractivity contribution in [3.63, 3.8) is 0 Å². The van der Waals surface area contributed by atoms with Gasteiger partial charge in [-0.3, -0.25) is 0 Å². The molecule has 0 aliphatic carbocycles. The molecule has 0 saturated carbocycles. The molecule has 96 valence electrons. The van der Waals surface area contributed by atoms with Crippen LogP contribution in [0.2, 0.25) is 0 Å². The van der Waals surface area contributed by atoms with Gasteiger partial charge in [-0.15, -0.1) is 0 Å². The molecule has 0 spiro atoms. The molecule has 0 aromatic carbocycles. The van der Waals surface area contributed by atoms with Gasteiger partial charge in [-0.25, -0.2) is 0 Å². The van der Waals surface area contributed by atoms with E-state index in [4.69, 9.17) is 0 Å². The van der Waals surface area contributed by atoms with Crippen LogP contribution in [0.15, 0.2) is 0 Å². The molecule has 0 aromatic heterocycles. The van der Waals surface area contributed by atoms with E-state index in [1.54, 1.807) is 0 Å². The van der Waals surface area contributed by atoms with Crippen molar-refractivity contribution in [2.24, 2.45) is 11.8 Å². The topological polar surface area (TPSA) is 9.72 Å². The smallest absolute Gasteiger partial charge is 0.270 e. The Balaban J connectivity index is 2.49. The molecule has 0 radical (unpaired) electrons. The molecule has 1 rings (SSSR count). The molecule has 1 aliphatic heterocycles. The van der Waals surface area contributed by atoms with Gasteiger partial charge in [-0.2, -0.15) is 0 Å². The van der Waals surface area contributed by atoms with Crippen molar-refractivity contribution in [2.75, 3.05) is 19.6 Å². The number of rotatable bonds is 6. The Morgan fingerprint density at radius 3 is 1.53 bits per heavy atom. The minimum atomic E-state index is 0.762. The fourth-order valence-corrected chi connectivity index (χ4v) is 2.70. The molecule has 6 heteroatoms. The summed E-state index contributed by atoms with van der Waals surface area (Å²) >= 11 is 0. The van der Waals surface area contributed by atoms with E-state index in [1.165, 1.54) is 26.1 Å². The normalized spacial score (nSPS) is 19.2. The zero-order valence-corrected chi connectivity index (χ0v) is 12.4. The number of nitrogens with zero attached hydrogens (tertiary/aromatic N) is 3. The third-order valence-corrected chi connectivity index (χ3v) is 2.99. The number of hydrogen-bond donors (Lipinski definition) is 0. The molecule has 0 N–H and O–H groups in total. The van der Waals surface area contributed by atoms with Crippen LogP contribution in [0.1, 0.15) is 41.0 Å². The average molecular weight is 235 g/mol. The second kappa shape index (κ2) is 7.50. The standard InChI is InChI=1S/C11H28B3N3/c1-6-7-15-12-16(8-10(2)3)14-17(13-15)9-11(4)5/h10-14H,6-9H2,1-5H3. The monoisotopic (exact) mass is 235 g/mol. The highest BCUT2D eigenvalue weighted by molar-refractivity contribution is 6.64. The summed E-state index contributed by atoms with van der Waals surface area (Å²) in [6.07, 6.45) is 1.25. The minimum absolute atomic E-state index is 0.762. The summed E-state index contributed by atoms with van der Waals surface area (Å²) in [5.41, 5.74) is 0. The number of hydrogen-bond acceptors (Lipinski definition) is 3. The Kier molecular flexibility index (Phi) is 6.67. The van der Waals surface area contributed by atoms with Crippen LogP contribution in [0.4, 0.5) is 0 Å². The highest BCUT2D eigenvalue weighted by Crippen LogP contribution is 2.07. The van der Waals surface area contributed by atoms with Gasteiger partial charge >= 0.3 is 0 Å². The van der Waals surface area contributed by atoms with Gasteiger partial charge in [0, 0.05) is 0 Å². The molecule has 0 bridgehead atoms. The summed E-state index contributed by atoms with van der Waals surface area (Å²) in [4.78, 5) is 0. The Hall–Kier alpha value is 0.0748. The zero-order valence-electron chi connectivity index (χ0n) is 12.4. The maximum atomic E-state index is 2.59. The lowest BCUT2D eigenvalue weighted by atomic mass is 9.72. The van der Waals surface area contributed by atoms with Crippen LogP contribution in [-0.4, -0.2) is 56.4 Å². The lowest BCUT2D eigenvalue weighted by molar-refractivity contribution is 0.414. The summed E-state index contributed by atoms with van der Waals surface area (Å²) in [6.45, 7) is 15.2. The predicted octanol–water partition coefficient (Wildman–Crippen LogP) is 0.427. The first-order chi connectivity index (χ1) is 8.01. The lowest BCUT2D eigenvalue weighted by Gasteiger charge is -2.41. The first kappa shape index (κ1) is 15.1. The van der Waals surface area contributed by atoms with Crippen molar-refractivity contribution in [3.8, 4) is 0 Å². The Bertz CT molecular complexity index is 196. The third kappa shape index (κ3) is 5.98. The van der Waals surface area contributed by atoms with Gasteiger partial charge in [-0.1, -0.05) is 34.6 Å². The van der Waals surface area contributed by atoms with E-state index < -0.39 is 0 Å². The van der Waals surface area contributed by atoms with Gasteiger partial charge in [0.05, 0.1) is 0 Å². The maximum absolute atomic E-state index is 2.59. The largest absolute Gasteiger partial charge is 0.363 e. The summed E-state index contributed by atoms with van der Waals surface area (Å²) in [7, 11) is 3.46. The highest BCUT2D eigenvalue weighted by atomic mass is 15.3. The molecule has 1 fully saturated rings. The Labute approximate surface area is 110 Å². The van der Waals surface area contributed by atoms with Crippen LogP contribution in [0.3, 0.4) is 0 Å². The van der Waals surface area contributed by atoms with Crippen LogP contribution in [0.5, 0.6) is 0 Å². The molecular weight excluding hydrogens is 207 g/mol. The molecule has 1 saturated heterocycles. The van der Waals surface area contributed by atoms with Crippen molar-refractivity contribution in [1.82, 2.24) is 14.2 Å². The molecule has 0 amide bonds. The summed E-state index contributed by atoms with van der Waals surface area (Å²) in [5.74, 6) is 1.52. The summed E-state index contributed by atoms with van der Waals surface area (Å²) in [6, 6.07) is 0. The van der Waals surface area contributed by atoms with E-state index in [0.717, 1.165) is 34.5 Å². The summed E-state index contributed by atoms with van der Waals surface area (Å²) in [5, 5.41) is 0. The van der Waals surface area contributed by atoms with Crippen molar-refractivity contribution < 1.29 is 0 Å². The van der Waals surface area contributed by atoms with Crippen molar-refractivity contribution in [3.05, 3.63) is 0 Å². The van der Waals surface area contributed by atoms with Crippen LogP contribution >= 0.6 is 0 Å². The van der Waals surface area contributed by atoms with Crippen LogP contribution in [-0.2, 0) is 0 Å². The van der Waals surface area contributed by atoms with Gasteiger partial charge in [-0.05, 0) is 37.9 Å². The first-order valence-electron chi connectivity index (χ1n) is 7.18. The molecule has 1 heterocycles.